The standard InChI is InChI=1S/C22H29N3O2/c1-18-4-8-20(9-5-18)25(16-19-6-10-21(27-3)11-7-19)22(26)17-24-14-12-23(2)13-15-24/h4-11H,12-17H2,1-3H3. The maximum atomic E-state index is 13.2. The van der Waals surface area contributed by atoms with Crippen LogP contribution >= 0.6 is 0 Å². The Morgan fingerprint density at radius 1 is 1.00 bits per heavy atom. The number of hydrogen-bond acceptors (Lipinski definition) is 4. The van der Waals surface area contributed by atoms with Gasteiger partial charge in [-0.15, -0.1) is 0 Å². The molecular weight excluding hydrogens is 338 g/mol. The summed E-state index contributed by atoms with van der Waals surface area (Å²) < 4.78 is 5.24. The first-order valence-electron chi connectivity index (χ1n) is 9.46. The Kier molecular flexibility index (Phi) is 6.48. The summed E-state index contributed by atoms with van der Waals surface area (Å²) in [6.07, 6.45) is 0. The van der Waals surface area contributed by atoms with Crippen LogP contribution in [0.15, 0.2) is 48.5 Å². The summed E-state index contributed by atoms with van der Waals surface area (Å²) in [5, 5.41) is 0. The molecule has 2 aromatic rings. The lowest BCUT2D eigenvalue weighted by atomic mass is 10.1. The van der Waals surface area contributed by atoms with E-state index in [0.29, 0.717) is 13.1 Å². The number of anilines is 1. The highest BCUT2D eigenvalue weighted by Crippen LogP contribution is 2.20. The summed E-state index contributed by atoms with van der Waals surface area (Å²) in [4.78, 5) is 19.6. The number of piperazine rings is 1. The number of carbonyl (C=O) groups is 1. The van der Waals surface area contributed by atoms with Crippen molar-refractivity contribution >= 4 is 11.6 Å². The monoisotopic (exact) mass is 367 g/mol. The van der Waals surface area contributed by atoms with E-state index >= 15 is 0 Å². The fourth-order valence-electron chi connectivity index (χ4n) is 3.24. The predicted octanol–water partition coefficient (Wildman–Crippen LogP) is 2.78. The minimum absolute atomic E-state index is 0.138. The SMILES string of the molecule is COc1ccc(CN(C(=O)CN2CCN(C)CC2)c2ccc(C)cc2)cc1. The Hall–Kier alpha value is -2.37. The van der Waals surface area contributed by atoms with E-state index in [0.717, 1.165) is 43.2 Å². The number of hydrogen-bond donors (Lipinski definition) is 0. The Morgan fingerprint density at radius 3 is 2.22 bits per heavy atom. The minimum atomic E-state index is 0.138. The van der Waals surface area contributed by atoms with Crippen molar-refractivity contribution in [2.45, 2.75) is 13.5 Å². The molecule has 2 aromatic carbocycles. The van der Waals surface area contributed by atoms with Crippen molar-refractivity contribution in [3.63, 3.8) is 0 Å². The van der Waals surface area contributed by atoms with Crippen LogP contribution in [0.25, 0.3) is 0 Å². The zero-order valence-corrected chi connectivity index (χ0v) is 16.5. The summed E-state index contributed by atoms with van der Waals surface area (Å²) in [5.41, 5.74) is 3.22. The van der Waals surface area contributed by atoms with Crippen molar-refractivity contribution in [3.8, 4) is 5.75 Å². The third kappa shape index (κ3) is 5.31. The Bertz CT molecular complexity index is 735. The molecule has 3 rings (SSSR count). The van der Waals surface area contributed by atoms with Crippen LogP contribution in [-0.4, -0.2) is 62.6 Å². The molecule has 0 aromatic heterocycles. The summed E-state index contributed by atoms with van der Waals surface area (Å²) >= 11 is 0. The van der Waals surface area contributed by atoms with Crippen LogP contribution in [0.1, 0.15) is 11.1 Å². The molecule has 1 fully saturated rings. The molecule has 1 saturated heterocycles. The molecule has 0 atom stereocenters. The van der Waals surface area contributed by atoms with E-state index in [1.165, 1.54) is 5.56 Å². The number of rotatable bonds is 6. The van der Waals surface area contributed by atoms with E-state index in [4.69, 9.17) is 4.74 Å². The normalized spacial score (nSPS) is 15.5. The van der Waals surface area contributed by atoms with Crippen molar-refractivity contribution in [1.82, 2.24) is 9.80 Å². The van der Waals surface area contributed by atoms with Crippen LogP contribution in [0.2, 0.25) is 0 Å². The summed E-state index contributed by atoms with van der Waals surface area (Å²) in [6, 6.07) is 16.1. The Balaban J connectivity index is 1.76. The van der Waals surface area contributed by atoms with E-state index < -0.39 is 0 Å². The van der Waals surface area contributed by atoms with Crippen molar-refractivity contribution in [2.24, 2.45) is 0 Å². The van der Waals surface area contributed by atoms with Gasteiger partial charge < -0.3 is 14.5 Å². The fourth-order valence-corrected chi connectivity index (χ4v) is 3.24. The van der Waals surface area contributed by atoms with Crippen LogP contribution in [0.4, 0.5) is 5.69 Å². The summed E-state index contributed by atoms with van der Waals surface area (Å²) in [6.45, 7) is 6.97. The van der Waals surface area contributed by atoms with E-state index in [-0.39, 0.29) is 5.91 Å². The first-order valence-corrected chi connectivity index (χ1v) is 9.46. The number of amides is 1. The van der Waals surface area contributed by atoms with Crippen LogP contribution in [-0.2, 0) is 11.3 Å². The zero-order chi connectivity index (χ0) is 19.2. The molecular formula is C22H29N3O2. The molecule has 0 N–H and O–H groups in total. The van der Waals surface area contributed by atoms with Gasteiger partial charge in [-0.05, 0) is 43.8 Å². The largest absolute Gasteiger partial charge is 0.497 e. The molecule has 144 valence electrons. The number of aryl methyl sites for hydroxylation is 1. The molecule has 0 unspecified atom stereocenters. The van der Waals surface area contributed by atoms with Gasteiger partial charge in [0.05, 0.1) is 20.2 Å². The molecule has 5 nitrogen and oxygen atoms in total. The molecule has 0 radical (unpaired) electrons. The molecule has 1 amide bonds. The van der Waals surface area contributed by atoms with Gasteiger partial charge in [-0.25, -0.2) is 0 Å². The molecule has 5 heteroatoms. The highest BCUT2D eigenvalue weighted by atomic mass is 16.5. The first-order chi connectivity index (χ1) is 13.0. The lowest BCUT2D eigenvalue weighted by molar-refractivity contribution is -0.120. The number of likely N-dealkylation sites (N-methyl/N-ethyl adjacent to an activating group) is 1. The van der Waals surface area contributed by atoms with Crippen LogP contribution in [0.5, 0.6) is 5.75 Å². The summed E-state index contributed by atoms with van der Waals surface area (Å²) in [5.74, 6) is 0.962. The van der Waals surface area contributed by atoms with Gasteiger partial charge in [0.2, 0.25) is 5.91 Å². The summed E-state index contributed by atoms with van der Waals surface area (Å²) in [7, 11) is 3.79. The number of carbonyl (C=O) groups excluding carboxylic acids is 1. The smallest absolute Gasteiger partial charge is 0.241 e. The van der Waals surface area contributed by atoms with Gasteiger partial charge in [-0.3, -0.25) is 9.69 Å². The molecule has 0 bridgehead atoms. The van der Waals surface area contributed by atoms with Gasteiger partial charge in [0.1, 0.15) is 5.75 Å². The molecule has 0 spiro atoms. The fraction of sp³-hybridized carbons (Fsp3) is 0.409. The highest BCUT2D eigenvalue weighted by Gasteiger charge is 2.22. The maximum Gasteiger partial charge on any atom is 0.241 e. The van der Waals surface area contributed by atoms with E-state index in [1.54, 1.807) is 7.11 Å². The number of nitrogens with zero attached hydrogens (tertiary/aromatic N) is 3. The quantitative estimate of drug-likeness (QED) is 0.787. The van der Waals surface area contributed by atoms with E-state index in [1.807, 2.05) is 41.3 Å². The number of methoxy groups -OCH3 is 1. The Labute approximate surface area is 162 Å². The Morgan fingerprint density at radius 2 is 1.63 bits per heavy atom. The topological polar surface area (TPSA) is 36.0 Å². The molecule has 27 heavy (non-hydrogen) atoms. The van der Waals surface area contributed by atoms with Gasteiger partial charge in [-0.2, -0.15) is 0 Å². The average Bonchev–Trinajstić information content (AvgIpc) is 2.69. The van der Waals surface area contributed by atoms with Gasteiger partial charge in [0, 0.05) is 31.9 Å². The van der Waals surface area contributed by atoms with Crippen LogP contribution < -0.4 is 9.64 Å². The lowest BCUT2D eigenvalue weighted by Gasteiger charge is -2.33. The molecule has 0 saturated carbocycles. The lowest BCUT2D eigenvalue weighted by Crippen LogP contribution is -2.48. The maximum absolute atomic E-state index is 13.2. The van der Waals surface area contributed by atoms with Crippen molar-refractivity contribution in [1.29, 1.82) is 0 Å². The zero-order valence-electron chi connectivity index (χ0n) is 16.5. The predicted molar refractivity (Wildman–Crippen MR) is 109 cm³/mol. The van der Waals surface area contributed by atoms with Crippen molar-refractivity contribution in [2.75, 3.05) is 51.8 Å². The van der Waals surface area contributed by atoms with Gasteiger partial charge in [0.15, 0.2) is 0 Å². The van der Waals surface area contributed by atoms with E-state index in [2.05, 4.69) is 35.9 Å². The van der Waals surface area contributed by atoms with Crippen molar-refractivity contribution in [3.05, 3.63) is 59.7 Å². The molecule has 1 aliphatic rings. The second kappa shape index (κ2) is 9.02. The van der Waals surface area contributed by atoms with E-state index in [9.17, 15) is 4.79 Å². The average molecular weight is 367 g/mol. The third-order valence-corrected chi connectivity index (χ3v) is 5.10. The highest BCUT2D eigenvalue weighted by molar-refractivity contribution is 5.94. The van der Waals surface area contributed by atoms with Gasteiger partial charge in [-0.1, -0.05) is 29.8 Å². The number of ether oxygens (including phenoxy) is 1. The minimum Gasteiger partial charge on any atom is -0.497 e. The third-order valence-electron chi connectivity index (χ3n) is 5.10. The van der Waals surface area contributed by atoms with Gasteiger partial charge >= 0.3 is 0 Å². The number of benzene rings is 2. The molecule has 1 aliphatic heterocycles. The van der Waals surface area contributed by atoms with Gasteiger partial charge in [0.25, 0.3) is 0 Å². The van der Waals surface area contributed by atoms with Crippen LogP contribution in [0.3, 0.4) is 0 Å². The molecule has 1 heterocycles. The first kappa shape index (κ1) is 19.4. The second-order valence-corrected chi connectivity index (χ2v) is 7.24. The second-order valence-electron chi connectivity index (χ2n) is 7.24. The molecule has 0 aliphatic carbocycles. The van der Waals surface area contributed by atoms with Crippen molar-refractivity contribution < 1.29 is 9.53 Å². The van der Waals surface area contributed by atoms with Crippen LogP contribution in [0, 0.1) is 6.92 Å².